The smallest absolute Gasteiger partial charge is 0.344 e. The first-order valence-corrected chi connectivity index (χ1v) is 9.06. The molecular formula is C24H18O5. The van der Waals surface area contributed by atoms with Gasteiger partial charge in [-0.05, 0) is 54.4 Å². The number of esters is 1. The van der Waals surface area contributed by atoms with Crippen molar-refractivity contribution in [2.75, 3.05) is 7.11 Å². The molecule has 0 saturated carbocycles. The largest absolute Gasteiger partial charge is 0.497 e. The Kier molecular flexibility index (Phi) is 4.87. The number of hydrogen-bond acceptors (Lipinski definition) is 5. The third-order valence-electron chi connectivity index (χ3n) is 4.72. The lowest BCUT2D eigenvalue weighted by molar-refractivity contribution is 0.0734. The predicted octanol–water partition coefficient (Wildman–Crippen LogP) is 5.00. The molecule has 4 rings (SSSR count). The Morgan fingerprint density at radius 1 is 0.897 bits per heavy atom. The molecule has 0 fully saturated rings. The minimum absolute atomic E-state index is 0.362. The van der Waals surface area contributed by atoms with E-state index in [0.717, 1.165) is 11.1 Å². The van der Waals surface area contributed by atoms with Crippen molar-refractivity contribution in [2.24, 2.45) is 0 Å². The summed E-state index contributed by atoms with van der Waals surface area (Å²) in [7, 11) is 1.54. The topological polar surface area (TPSA) is 65.7 Å². The molecular weight excluding hydrogens is 368 g/mol. The van der Waals surface area contributed by atoms with Crippen LogP contribution in [0.25, 0.3) is 22.1 Å². The second-order valence-corrected chi connectivity index (χ2v) is 6.53. The fourth-order valence-electron chi connectivity index (χ4n) is 3.25. The Morgan fingerprint density at radius 2 is 1.69 bits per heavy atom. The first-order chi connectivity index (χ1) is 14.1. The van der Waals surface area contributed by atoms with E-state index in [1.165, 1.54) is 7.11 Å². The number of carbonyl (C=O) groups excluding carboxylic acids is 1. The molecule has 5 nitrogen and oxygen atoms in total. The van der Waals surface area contributed by atoms with Gasteiger partial charge < -0.3 is 13.9 Å². The number of methoxy groups -OCH3 is 1. The number of ether oxygens (including phenoxy) is 2. The molecule has 0 amide bonds. The van der Waals surface area contributed by atoms with Crippen LogP contribution in [0.5, 0.6) is 11.5 Å². The van der Waals surface area contributed by atoms with E-state index in [1.54, 1.807) is 42.5 Å². The summed E-state index contributed by atoms with van der Waals surface area (Å²) in [5.41, 5.74) is 2.46. The lowest BCUT2D eigenvalue weighted by atomic mass is 9.99. The van der Waals surface area contributed by atoms with Gasteiger partial charge in [-0.25, -0.2) is 9.59 Å². The van der Waals surface area contributed by atoms with Crippen LogP contribution in [0.2, 0.25) is 0 Å². The fraction of sp³-hybridized carbons (Fsp3) is 0.0833. The average Bonchev–Trinajstić information content (AvgIpc) is 2.75. The zero-order valence-corrected chi connectivity index (χ0v) is 16.0. The van der Waals surface area contributed by atoms with Crippen molar-refractivity contribution in [3.05, 3.63) is 94.3 Å². The number of fused-ring (bicyclic) bond motifs is 1. The molecule has 0 radical (unpaired) electrons. The second-order valence-electron chi connectivity index (χ2n) is 6.53. The van der Waals surface area contributed by atoms with E-state index < -0.39 is 11.6 Å². The molecule has 144 valence electrons. The summed E-state index contributed by atoms with van der Waals surface area (Å²) in [5.74, 6) is 0.436. The highest BCUT2D eigenvalue weighted by molar-refractivity contribution is 5.93. The van der Waals surface area contributed by atoms with Gasteiger partial charge in [-0.3, -0.25) is 0 Å². The summed E-state index contributed by atoms with van der Waals surface area (Å²) >= 11 is 0. The summed E-state index contributed by atoms with van der Waals surface area (Å²) in [6.07, 6.45) is 0. The van der Waals surface area contributed by atoms with Gasteiger partial charge >= 0.3 is 11.6 Å². The Labute approximate surface area is 167 Å². The molecule has 0 saturated heterocycles. The lowest BCUT2D eigenvalue weighted by Crippen LogP contribution is -2.09. The average molecular weight is 386 g/mol. The number of rotatable bonds is 4. The normalized spacial score (nSPS) is 10.7. The van der Waals surface area contributed by atoms with Crippen molar-refractivity contribution in [1.82, 2.24) is 0 Å². The van der Waals surface area contributed by atoms with E-state index in [1.807, 2.05) is 37.3 Å². The highest BCUT2D eigenvalue weighted by Crippen LogP contribution is 2.29. The summed E-state index contributed by atoms with van der Waals surface area (Å²) in [6.45, 7) is 1.86. The van der Waals surface area contributed by atoms with Crippen LogP contribution >= 0.6 is 0 Å². The first kappa shape index (κ1) is 18.5. The molecule has 0 aliphatic heterocycles. The number of aryl methyl sites for hydroxylation is 1. The van der Waals surface area contributed by atoms with E-state index >= 15 is 0 Å². The van der Waals surface area contributed by atoms with E-state index in [2.05, 4.69) is 0 Å². The van der Waals surface area contributed by atoms with Gasteiger partial charge in [-0.1, -0.05) is 36.4 Å². The Morgan fingerprint density at radius 3 is 2.45 bits per heavy atom. The maximum Gasteiger partial charge on any atom is 0.344 e. The van der Waals surface area contributed by atoms with E-state index in [9.17, 15) is 9.59 Å². The quantitative estimate of drug-likeness (QED) is 0.281. The highest BCUT2D eigenvalue weighted by atomic mass is 16.5. The van der Waals surface area contributed by atoms with Crippen LogP contribution in [-0.2, 0) is 0 Å². The van der Waals surface area contributed by atoms with E-state index in [-0.39, 0.29) is 0 Å². The van der Waals surface area contributed by atoms with Crippen molar-refractivity contribution in [2.45, 2.75) is 6.92 Å². The molecule has 0 atom stereocenters. The molecule has 0 unspecified atom stereocenters. The summed E-state index contributed by atoms with van der Waals surface area (Å²) in [4.78, 5) is 25.0. The second kappa shape index (κ2) is 7.64. The molecule has 0 spiro atoms. The summed E-state index contributed by atoms with van der Waals surface area (Å²) < 4.78 is 16.2. The van der Waals surface area contributed by atoms with Crippen molar-refractivity contribution < 1.29 is 18.7 Å². The van der Waals surface area contributed by atoms with Gasteiger partial charge in [0.1, 0.15) is 17.1 Å². The SMILES string of the molecule is COc1cccc(C(=O)Oc2ccc3oc(=O)c(-c4ccccc4)c(C)c3c2)c1. The molecule has 0 bridgehead atoms. The van der Waals surface area contributed by atoms with E-state index in [4.69, 9.17) is 13.9 Å². The highest BCUT2D eigenvalue weighted by Gasteiger charge is 2.15. The van der Waals surface area contributed by atoms with Gasteiger partial charge in [0.05, 0.1) is 18.2 Å². The monoisotopic (exact) mass is 386 g/mol. The molecule has 1 aromatic heterocycles. The van der Waals surface area contributed by atoms with Crippen LogP contribution < -0.4 is 15.1 Å². The van der Waals surface area contributed by atoms with Gasteiger partial charge in [-0.2, -0.15) is 0 Å². The van der Waals surface area contributed by atoms with Crippen LogP contribution in [-0.4, -0.2) is 13.1 Å². The van der Waals surface area contributed by atoms with Gasteiger partial charge in [0.25, 0.3) is 0 Å². The Balaban J connectivity index is 1.73. The maximum atomic E-state index is 12.5. The van der Waals surface area contributed by atoms with Crippen LogP contribution in [0.1, 0.15) is 15.9 Å². The third kappa shape index (κ3) is 3.62. The zero-order valence-electron chi connectivity index (χ0n) is 16.0. The number of benzene rings is 3. The van der Waals surface area contributed by atoms with Gasteiger partial charge in [0, 0.05) is 5.39 Å². The zero-order chi connectivity index (χ0) is 20.4. The molecule has 5 heteroatoms. The summed E-state index contributed by atoms with van der Waals surface area (Å²) in [6, 6.07) is 21.0. The third-order valence-corrected chi connectivity index (χ3v) is 4.72. The van der Waals surface area contributed by atoms with Crippen LogP contribution in [0.15, 0.2) is 82.0 Å². The molecule has 1 heterocycles. The number of carbonyl (C=O) groups is 1. The van der Waals surface area contributed by atoms with Crippen molar-refractivity contribution >= 4 is 16.9 Å². The maximum absolute atomic E-state index is 12.5. The Hall–Kier alpha value is -3.86. The minimum atomic E-state index is -0.499. The molecule has 29 heavy (non-hydrogen) atoms. The van der Waals surface area contributed by atoms with Crippen LogP contribution in [0, 0.1) is 6.92 Å². The van der Waals surface area contributed by atoms with Crippen LogP contribution in [0.4, 0.5) is 0 Å². The van der Waals surface area contributed by atoms with E-state index in [0.29, 0.717) is 33.6 Å². The number of hydrogen-bond donors (Lipinski definition) is 0. The molecule has 0 aliphatic rings. The molecule has 4 aromatic rings. The molecule has 0 N–H and O–H groups in total. The van der Waals surface area contributed by atoms with Crippen LogP contribution in [0.3, 0.4) is 0 Å². The molecule has 0 aliphatic carbocycles. The predicted molar refractivity (Wildman–Crippen MR) is 111 cm³/mol. The summed E-state index contributed by atoms with van der Waals surface area (Å²) in [5, 5.41) is 0.708. The van der Waals surface area contributed by atoms with Crippen molar-refractivity contribution in [1.29, 1.82) is 0 Å². The van der Waals surface area contributed by atoms with Crippen molar-refractivity contribution in [3.63, 3.8) is 0 Å². The first-order valence-electron chi connectivity index (χ1n) is 9.06. The minimum Gasteiger partial charge on any atom is -0.497 e. The van der Waals surface area contributed by atoms with Gasteiger partial charge in [0.15, 0.2) is 0 Å². The van der Waals surface area contributed by atoms with Crippen molar-refractivity contribution in [3.8, 4) is 22.6 Å². The molecule has 3 aromatic carbocycles. The van der Waals surface area contributed by atoms with Gasteiger partial charge in [0.2, 0.25) is 0 Å². The Bertz CT molecular complexity index is 1260. The van der Waals surface area contributed by atoms with Gasteiger partial charge in [-0.15, -0.1) is 0 Å². The lowest BCUT2D eigenvalue weighted by Gasteiger charge is -2.10. The standard InChI is InChI=1S/C24H18O5/c1-15-20-14-19(28-23(25)17-9-6-10-18(13-17)27-2)11-12-21(20)29-24(26)22(15)16-7-4-3-5-8-16/h3-14H,1-2H3. The fourth-order valence-corrected chi connectivity index (χ4v) is 3.25.